The zero-order chi connectivity index (χ0) is 24.1. The molecule has 0 radical (unpaired) electrons. The third-order valence-electron chi connectivity index (χ3n) is 4.94. The third-order valence-corrected chi connectivity index (χ3v) is 5.80. The number of benzene rings is 1. The molecule has 1 aliphatic rings. The topological polar surface area (TPSA) is 134 Å². The van der Waals surface area contributed by atoms with Crippen LogP contribution in [0.25, 0.3) is 0 Å². The van der Waals surface area contributed by atoms with Gasteiger partial charge in [-0.25, -0.2) is 13.5 Å². The second-order valence-corrected chi connectivity index (χ2v) is 9.06. The van der Waals surface area contributed by atoms with Crippen LogP contribution in [-0.2, 0) is 36.0 Å². The Kier molecular flexibility index (Phi) is 8.64. The summed E-state index contributed by atoms with van der Waals surface area (Å²) >= 11 is 0. The van der Waals surface area contributed by atoms with Crippen LogP contribution in [0.5, 0.6) is 0 Å². The summed E-state index contributed by atoms with van der Waals surface area (Å²) < 4.78 is 52.5. The Hall–Kier alpha value is -2.64. The number of halogens is 2. The van der Waals surface area contributed by atoms with Crippen LogP contribution in [0.2, 0.25) is 0 Å². The number of rotatable bonds is 10. The molecule has 3 N–H and O–H groups in total. The maximum Gasteiger partial charge on any atom is 0.323 e. The first-order chi connectivity index (χ1) is 14.9. The number of nitrogens with zero attached hydrogens (tertiary/aromatic N) is 1. The van der Waals surface area contributed by atoms with Crippen molar-refractivity contribution in [1.82, 2.24) is 19.8 Å². The van der Waals surface area contributed by atoms with E-state index in [1.165, 1.54) is 17.0 Å². The van der Waals surface area contributed by atoms with Crippen molar-refractivity contribution in [1.29, 1.82) is 0 Å². The number of carbonyl (C=O) groups is 3. The molecule has 0 aromatic heterocycles. The average Bonchev–Trinajstić information content (AvgIpc) is 3.02. The van der Waals surface area contributed by atoms with E-state index in [1.54, 1.807) is 23.5 Å². The molecule has 2 rings (SSSR count). The molecule has 1 aromatic rings. The van der Waals surface area contributed by atoms with Gasteiger partial charge in [-0.15, -0.1) is 0 Å². The Morgan fingerprint density at radius 2 is 1.97 bits per heavy atom. The summed E-state index contributed by atoms with van der Waals surface area (Å²) in [5, 5.41) is 2.47. The molecule has 10 nitrogen and oxygen atoms in total. The molecule has 1 fully saturated rings. The average molecular weight is 477 g/mol. The molecule has 0 bridgehead atoms. The van der Waals surface area contributed by atoms with Crippen LogP contribution in [-0.4, -0.2) is 50.2 Å². The number of hydrogen-bond acceptors (Lipinski definition) is 6. The minimum atomic E-state index is -4.27. The number of amides is 3. The second kappa shape index (κ2) is 10.8. The molecule has 13 heteroatoms. The van der Waals surface area contributed by atoms with Crippen molar-refractivity contribution >= 4 is 27.9 Å². The molecule has 0 saturated carbocycles. The van der Waals surface area contributed by atoms with E-state index in [1.807, 2.05) is 0 Å². The van der Waals surface area contributed by atoms with Crippen molar-refractivity contribution in [3.8, 4) is 0 Å². The van der Waals surface area contributed by atoms with Gasteiger partial charge in [0.2, 0.25) is 11.8 Å². The summed E-state index contributed by atoms with van der Waals surface area (Å²) in [5.41, 5.74) is -0.0130. The SMILES string of the molecule is CONS(=O)(=O)NC(=O)[C@@H](NC(=O)C[C@@H]1CCC(=O)N1Cc1cccc(F)c1F)C(C)C. The smallest absolute Gasteiger partial charge is 0.323 e. The van der Waals surface area contributed by atoms with E-state index < -0.39 is 51.7 Å². The van der Waals surface area contributed by atoms with Gasteiger partial charge < -0.3 is 10.2 Å². The Morgan fingerprint density at radius 1 is 1.28 bits per heavy atom. The molecule has 0 spiro atoms. The van der Waals surface area contributed by atoms with Gasteiger partial charge >= 0.3 is 10.2 Å². The van der Waals surface area contributed by atoms with Crippen molar-refractivity contribution in [2.75, 3.05) is 7.11 Å². The van der Waals surface area contributed by atoms with Crippen LogP contribution in [0.4, 0.5) is 8.78 Å². The van der Waals surface area contributed by atoms with E-state index in [2.05, 4.69) is 10.2 Å². The second-order valence-electron chi connectivity index (χ2n) is 7.68. The van der Waals surface area contributed by atoms with Crippen LogP contribution in [0.1, 0.15) is 38.7 Å². The highest BCUT2D eigenvalue weighted by Gasteiger charge is 2.35. The molecule has 32 heavy (non-hydrogen) atoms. The standard InChI is InChI=1S/C19H26F2N4O6S/c1-11(2)18(19(28)23-32(29,30)24-31-3)22-15(26)9-13-7-8-16(27)25(13)10-12-5-4-6-14(20)17(12)21/h4-6,11,13,18,24H,7-10H2,1-3H3,(H,22,26)(H,23,28)/t13-,18-/m0/s1. The third kappa shape index (κ3) is 6.68. The van der Waals surface area contributed by atoms with Crippen molar-refractivity contribution < 1.29 is 36.4 Å². The van der Waals surface area contributed by atoms with Gasteiger partial charge in [0, 0.05) is 31.0 Å². The van der Waals surface area contributed by atoms with Gasteiger partial charge in [-0.1, -0.05) is 30.9 Å². The summed E-state index contributed by atoms with van der Waals surface area (Å²) in [7, 11) is -3.22. The highest BCUT2D eigenvalue weighted by Crippen LogP contribution is 2.25. The first kappa shape index (κ1) is 25.6. The van der Waals surface area contributed by atoms with E-state index in [-0.39, 0.29) is 30.9 Å². The minimum absolute atomic E-state index is 0.0130. The first-order valence-electron chi connectivity index (χ1n) is 9.83. The summed E-state index contributed by atoms with van der Waals surface area (Å²) in [6.45, 7) is 3.02. The van der Waals surface area contributed by atoms with Gasteiger partial charge in [0.05, 0.1) is 7.11 Å². The fourth-order valence-electron chi connectivity index (χ4n) is 3.38. The van der Waals surface area contributed by atoms with Gasteiger partial charge in [-0.05, 0) is 18.4 Å². The summed E-state index contributed by atoms with van der Waals surface area (Å²) in [6, 6.07) is 1.89. The number of carbonyl (C=O) groups excluding carboxylic acids is 3. The van der Waals surface area contributed by atoms with Gasteiger partial charge in [0.15, 0.2) is 11.6 Å². The van der Waals surface area contributed by atoms with E-state index in [9.17, 15) is 31.6 Å². The lowest BCUT2D eigenvalue weighted by molar-refractivity contribution is -0.132. The molecule has 1 saturated heterocycles. The molecule has 178 valence electrons. The van der Waals surface area contributed by atoms with Gasteiger partial charge in [-0.2, -0.15) is 8.42 Å². The molecule has 2 atom stereocenters. The summed E-state index contributed by atoms with van der Waals surface area (Å²) in [4.78, 5) is 44.4. The molecule has 3 amide bonds. The molecule has 1 aromatic carbocycles. The molecular formula is C19H26F2N4O6S. The highest BCUT2D eigenvalue weighted by molar-refractivity contribution is 7.87. The minimum Gasteiger partial charge on any atom is -0.344 e. The van der Waals surface area contributed by atoms with Gasteiger partial charge in [0.25, 0.3) is 5.91 Å². The van der Waals surface area contributed by atoms with Crippen molar-refractivity contribution in [3.63, 3.8) is 0 Å². The lowest BCUT2D eigenvalue weighted by Gasteiger charge is -2.26. The Morgan fingerprint density at radius 3 is 2.59 bits per heavy atom. The van der Waals surface area contributed by atoms with E-state index in [0.717, 1.165) is 13.2 Å². The Labute approximate surface area is 184 Å². The first-order valence-corrected chi connectivity index (χ1v) is 11.3. The number of likely N-dealkylation sites (tertiary alicyclic amines) is 1. The van der Waals surface area contributed by atoms with Crippen LogP contribution in [0.3, 0.4) is 0 Å². The van der Waals surface area contributed by atoms with Gasteiger partial charge in [0.1, 0.15) is 6.04 Å². The van der Waals surface area contributed by atoms with E-state index in [4.69, 9.17) is 0 Å². The van der Waals surface area contributed by atoms with E-state index >= 15 is 0 Å². The maximum absolute atomic E-state index is 14.0. The largest absolute Gasteiger partial charge is 0.344 e. The fourth-order valence-corrected chi connectivity index (χ4v) is 4.04. The normalized spacial score (nSPS) is 17.5. The number of hydrogen-bond donors (Lipinski definition) is 3. The molecular weight excluding hydrogens is 450 g/mol. The zero-order valence-electron chi connectivity index (χ0n) is 17.9. The lowest BCUT2D eigenvalue weighted by Crippen LogP contribution is -2.53. The van der Waals surface area contributed by atoms with Crippen LogP contribution in [0.15, 0.2) is 18.2 Å². The molecule has 0 unspecified atom stereocenters. The predicted octanol–water partition coefficient (Wildman–Crippen LogP) is 0.499. The summed E-state index contributed by atoms with van der Waals surface area (Å²) in [6.07, 6.45) is 0.278. The van der Waals surface area contributed by atoms with Crippen LogP contribution >= 0.6 is 0 Å². The molecule has 0 aliphatic carbocycles. The zero-order valence-corrected chi connectivity index (χ0v) is 18.7. The number of nitrogens with one attached hydrogen (secondary N) is 3. The lowest BCUT2D eigenvalue weighted by atomic mass is 10.0. The van der Waals surface area contributed by atoms with Crippen LogP contribution < -0.4 is 14.9 Å². The molecule has 1 heterocycles. The van der Waals surface area contributed by atoms with E-state index in [0.29, 0.717) is 6.42 Å². The van der Waals surface area contributed by atoms with Gasteiger partial charge in [-0.3, -0.25) is 19.2 Å². The van der Waals surface area contributed by atoms with Crippen molar-refractivity contribution in [2.24, 2.45) is 5.92 Å². The molecule has 1 aliphatic heterocycles. The summed E-state index contributed by atoms with van der Waals surface area (Å²) in [5.74, 6) is -4.43. The predicted molar refractivity (Wildman–Crippen MR) is 109 cm³/mol. The van der Waals surface area contributed by atoms with Crippen molar-refractivity contribution in [3.05, 3.63) is 35.4 Å². The monoisotopic (exact) mass is 476 g/mol. The fraction of sp³-hybridized carbons (Fsp3) is 0.526. The highest BCUT2D eigenvalue weighted by atomic mass is 32.2. The quantitative estimate of drug-likeness (QED) is 0.421. The van der Waals surface area contributed by atoms with Crippen LogP contribution in [0, 0.1) is 17.6 Å². The maximum atomic E-state index is 14.0. The Bertz CT molecular complexity index is 973. The van der Waals surface area contributed by atoms with Crippen molar-refractivity contribution in [2.45, 2.75) is 51.7 Å². The Balaban J connectivity index is 2.06.